The topological polar surface area (TPSA) is 66.9 Å². The lowest BCUT2D eigenvalue weighted by Gasteiger charge is -2.19. The zero-order valence-electron chi connectivity index (χ0n) is 13.6. The van der Waals surface area contributed by atoms with Crippen LogP contribution in [-0.2, 0) is 11.8 Å². The molecule has 0 aliphatic heterocycles. The van der Waals surface area contributed by atoms with Gasteiger partial charge >= 0.3 is 0 Å². The van der Waals surface area contributed by atoms with E-state index in [2.05, 4.69) is 41.6 Å². The molecule has 1 amide bonds. The summed E-state index contributed by atoms with van der Waals surface area (Å²) in [6.07, 6.45) is 0.818. The van der Waals surface area contributed by atoms with E-state index in [1.54, 1.807) is 12.1 Å². The molecule has 0 spiro atoms. The zero-order chi connectivity index (χ0) is 17.0. The van der Waals surface area contributed by atoms with Crippen LogP contribution in [0, 0.1) is 0 Å². The molecule has 1 heterocycles. The number of hydrogen-bond acceptors (Lipinski definition) is 5. The molecule has 2 rings (SSSR count). The molecule has 122 valence electrons. The Morgan fingerprint density at radius 2 is 1.87 bits per heavy atom. The SMILES string of the molecule is CCc1nnc(NC(=S)NC(=O)c2ccc(C(C)(C)C)cc2)s1. The first-order chi connectivity index (χ1) is 10.8. The van der Waals surface area contributed by atoms with E-state index in [0.717, 1.165) is 11.4 Å². The molecular formula is C16H20N4OS2. The van der Waals surface area contributed by atoms with Gasteiger partial charge in [0.2, 0.25) is 5.13 Å². The van der Waals surface area contributed by atoms with Crippen molar-refractivity contribution in [2.75, 3.05) is 5.32 Å². The van der Waals surface area contributed by atoms with Crippen molar-refractivity contribution < 1.29 is 4.79 Å². The Morgan fingerprint density at radius 1 is 1.22 bits per heavy atom. The average molecular weight is 348 g/mol. The Morgan fingerprint density at radius 3 is 2.39 bits per heavy atom. The predicted molar refractivity (Wildman–Crippen MR) is 98.1 cm³/mol. The Hall–Kier alpha value is -1.86. The highest BCUT2D eigenvalue weighted by molar-refractivity contribution is 7.80. The van der Waals surface area contributed by atoms with E-state index in [0.29, 0.717) is 10.7 Å². The summed E-state index contributed by atoms with van der Waals surface area (Å²) in [5.41, 5.74) is 1.80. The zero-order valence-corrected chi connectivity index (χ0v) is 15.3. The van der Waals surface area contributed by atoms with Gasteiger partial charge in [0, 0.05) is 5.56 Å². The molecule has 2 aromatic rings. The predicted octanol–water partition coefficient (Wildman–Crippen LogP) is 3.52. The maximum Gasteiger partial charge on any atom is 0.257 e. The van der Waals surface area contributed by atoms with E-state index in [-0.39, 0.29) is 16.4 Å². The van der Waals surface area contributed by atoms with Gasteiger partial charge in [-0.3, -0.25) is 10.1 Å². The first kappa shape index (κ1) is 17.5. The van der Waals surface area contributed by atoms with Crippen molar-refractivity contribution in [1.29, 1.82) is 0 Å². The van der Waals surface area contributed by atoms with Gasteiger partial charge in [0.05, 0.1) is 0 Å². The number of thiocarbonyl (C=S) groups is 1. The third kappa shape index (κ3) is 4.80. The third-order valence-corrected chi connectivity index (χ3v) is 4.42. The number of amides is 1. The van der Waals surface area contributed by atoms with E-state index in [9.17, 15) is 4.79 Å². The maximum absolute atomic E-state index is 12.2. The van der Waals surface area contributed by atoms with Crippen LogP contribution in [0.3, 0.4) is 0 Å². The first-order valence-corrected chi connectivity index (χ1v) is 8.57. The molecular weight excluding hydrogens is 328 g/mol. The Labute approximate surface area is 145 Å². The van der Waals surface area contributed by atoms with Gasteiger partial charge in [0.25, 0.3) is 5.91 Å². The molecule has 0 saturated heterocycles. The molecule has 0 aliphatic rings. The molecule has 0 bridgehead atoms. The second kappa shape index (κ2) is 7.14. The smallest absolute Gasteiger partial charge is 0.257 e. The largest absolute Gasteiger partial charge is 0.307 e. The van der Waals surface area contributed by atoms with Gasteiger partial charge in [-0.2, -0.15) is 0 Å². The molecule has 1 aromatic carbocycles. The molecule has 0 saturated carbocycles. The van der Waals surface area contributed by atoms with E-state index in [1.165, 1.54) is 16.9 Å². The number of aryl methyl sites for hydroxylation is 1. The van der Waals surface area contributed by atoms with Crippen molar-refractivity contribution >= 4 is 39.7 Å². The van der Waals surface area contributed by atoms with Crippen LogP contribution in [0.15, 0.2) is 24.3 Å². The lowest BCUT2D eigenvalue weighted by molar-refractivity contribution is 0.0977. The molecule has 1 aromatic heterocycles. The highest BCUT2D eigenvalue weighted by Gasteiger charge is 2.15. The number of hydrogen-bond donors (Lipinski definition) is 2. The van der Waals surface area contributed by atoms with Gasteiger partial charge in [0.1, 0.15) is 5.01 Å². The summed E-state index contributed by atoms with van der Waals surface area (Å²) in [6, 6.07) is 7.53. The maximum atomic E-state index is 12.2. The van der Waals surface area contributed by atoms with Crippen molar-refractivity contribution in [1.82, 2.24) is 15.5 Å². The van der Waals surface area contributed by atoms with Crippen LogP contribution in [0.5, 0.6) is 0 Å². The number of anilines is 1. The minimum atomic E-state index is -0.247. The Balaban J connectivity index is 1.96. The summed E-state index contributed by atoms with van der Waals surface area (Å²) in [4.78, 5) is 12.2. The third-order valence-electron chi connectivity index (χ3n) is 3.23. The van der Waals surface area contributed by atoms with Crippen LogP contribution in [0.1, 0.15) is 48.6 Å². The molecule has 0 radical (unpaired) electrons. The molecule has 0 unspecified atom stereocenters. The summed E-state index contributed by atoms with van der Waals surface area (Å²) in [6.45, 7) is 8.40. The molecule has 0 atom stereocenters. The highest BCUT2D eigenvalue weighted by Crippen LogP contribution is 2.22. The second-order valence-corrected chi connectivity index (χ2v) is 7.56. The van der Waals surface area contributed by atoms with Crippen LogP contribution in [-0.4, -0.2) is 21.2 Å². The van der Waals surface area contributed by atoms with Crippen LogP contribution in [0.25, 0.3) is 0 Å². The van der Waals surface area contributed by atoms with Crippen molar-refractivity contribution in [3.05, 3.63) is 40.4 Å². The minimum absolute atomic E-state index is 0.0562. The number of benzene rings is 1. The van der Waals surface area contributed by atoms with E-state index in [1.807, 2.05) is 19.1 Å². The fraction of sp³-hybridized carbons (Fsp3) is 0.375. The highest BCUT2D eigenvalue weighted by atomic mass is 32.1. The Bertz CT molecular complexity index is 702. The van der Waals surface area contributed by atoms with E-state index < -0.39 is 0 Å². The van der Waals surface area contributed by atoms with E-state index >= 15 is 0 Å². The summed E-state index contributed by atoms with van der Waals surface area (Å²) in [7, 11) is 0. The number of nitrogens with zero attached hydrogens (tertiary/aromatic N) is 2. The molecule has 2 N–H and O–H groups in total. The fourth-order valence-corrected chi connectivity index (χ4v) is 2.81. The molecule has 5 nitrogen and oxygen atoms in total. The lowest BCUT2D eigenvalue weighted by atomic mass is 9.87. The van der Waals surface area contributed by atoms with Crippen molar-refractivity contribution in [3.63, 3.8) is 0 Å². The molecule has 7 heteroatoms. The lowest BCUT2D eigenvalue weighted by Crippen LogP contribution is -2.34. The van der Waals surface area contributed by atoms with Gasteiger partial charge in [0.15, 0.2) is 5.11 Å². The summed E-state index contributed by atoms with van der Waals surface area (Å²) < 4.78 is 0. The molecule has 0 aliphatic carbocycles. The van der Waals surface area contributed by atoms with Crippen LogP contribution in [0.2, 0.25) is 0 Å². The number of carbonyl (C=O) groups is 1. The molecule has 0 fully saturated rings. The van der Waals surface area contributed by atoms with Crippen molar-refractivity contribution in [2.24, 2.45) is 0 Å². The summed E-state index contributed by atoms with van der Waals surface area (Å²) >= 11 is 6.56. The minimum Gasteiger partial charge on any atom is -0.307 e. The number of aromatic nitrogens is 2. The van der Waals surface area contributed by atoms with Gasteiger partial charge in [-0.1, -0.05) is 51.2 Å². The fourth-order valence-electron chi connectivity index (χ4n) is 1.87. The van der Waals surface area contributed by atoms with Gasteiger partial charge in [-0.05, 0) is 41.7 Å². The van der Waals surface area contributed by atoms with Gasteiger partial charge < -0.3 is 5.32 Å². The normalized spacial score (nSPS) is 11.1. The van der Waals surface area contributed by atoms with Crippen molar-refractivity contribution in [3.8, 4) is 0 Å². The second-order valence-electron chi connectivity index (χ2n) is 6.09. The van der Waals surface area contributed by atoms with Crippen LogP contribution >= 0.6 is 23.6 Å². The standard InChI is InChI=1S/C16H20N4OS2/c1-5-12-19-20-15(23-12)18-14(22)17-13(21)10-6-8-11(9-7-10)16(2,3)4/h6-9H,5H2,1-4H3,(H2,17,18,20,21,22). The monoisotopic (exact) mass is 348 g/mol. The van der Waals surface area contributed by atoms with Crippen molar-refractivity contribution in [2.45, 2.75) is 39.5 Å². The number of carbonyl (C=O) groups excluding carboxylic acids is 1. The van der Waals surface area contributed by atoms with Crippen LogP contribution in [0.4, 0.5) is 5.13 Å². The number of rotatable bonds is 3. The number of nitrogens with one attached hydrogen (secondary N) is 2. The van der Waals surface area contributed by atoms with E-state index in [4.69, 9.17) is 12.2 Å². The summed E-state index contributed by atoms with van der Waals surface area (Å²) in [5, 5.41) is 15.2. The average Bonchev–Trinajstić information content (AvgIpc) is 2.94. The molecule has 23 heavy (non-hydrogen) atoms. The first-order valence-electron chi connectivity index (χ1n) is 7.35. The summed E-state index contributed by atoms with van der Waals surface area (Å²) in [5.74, 6) is -0.247. The Kier molecular flexibility index (Phi) is 5.43. The van der Waals surface area contributed by atoms with Gasteiger partial charge in [-0.25, -0.2) is 0 Å². The van der Waals surface area contributed by atoms with Crippen LogP contribution < -0.4 is 10.6 Å². The van der Waals surface area contributed by atoms with Gasteiger partial charge in [-0.15, -0.1) is 10.2 Å². The quantitative estimate of drug-likeness (QED) is 0.831.